The van der Waals surface area contributed by atoms with Gasteiger partial charge in [0.15, 0.2) is 0 Å². The van der Waals surface area contributed by atoms with Crippen LogP contribution in [0.3, 0.4) is 0 Å². The van der Waals surface area contributed by atoms with Crippen molar-refractivity contribution >= 4 is 34.9 Å². The van der Waals surface area contributed by atoms with Gasteiger partial charge in [-0.3, -0.25) is 4.98 Å². The topological polar surface area (TPSA) is 97.0 Å². The van der Waals surface area contributed by atoms with Crippen molar-refractivity contribution in [2.75, 3.05) is 18.4 Å². The number of urea groups is 1. The lowest BCUT2D eigenvalue weighted by atomic mass is 9.97. The molecule has 2 amide bonds. The second kappa shape index (κ2) is 7.50. The molecule has 1 aliphatic heterocycles. The highest BCUT2D eigenvalue weighted by molar-refractivity contribution is 6.35. The quantitative estimate of drug-likeness (QED) is 0.713. The van der Waals surface area contributed by atoms with Crippen LogP contribution < -0.4 is 5.32 Å². The molecule has 0 bridgehead atoms. The third kappa shape index (κ3) is 4.17. The highest BCUT2D eigenvalue weighted by Gasteiger charge is 2.32. The van der Waals surface area contributed by atoms with E-state index in [4.69, 9.17) is 27.7 Å². The molecule has 1 saturated heterocycles. The molecule has 138 valence electrons. The molecule has 10 heteroatoms. The average molecular weight is 405 g/mol. The molecule has 0 atom stereocenters. The van der Waals surface area contributed by atoms with Crippen LogP contribution in [0.5, 0.6) is 0 Å². The van der Waals surface area contributed by atoms with E-state index in [2.05, 4.69) is 25.4 Å². The average Bonchev–Trinajstić information content (AvgIpc) is 3.06. The van der Waals surface area contributed by atoms with E-state index in [0.29, 0.717) is 52.7 Å². The summed E-state index contributed by atoms with van der Waals surface area (Å²) in [6.07, 6.45) is 5.32. The van der Waals surface area contributed by atoms with Gasteiger partial charge in [0.25, 0.3) is 0 Å². The first-order chi connectivity index (χ1) is 13.1. The fourth-order valence-corrected chi connectivity index (χ4v) is 3.32. The maximum absolute atomic E-state index is 12.3. The fourth-order valence-electron chi connectivity index (χ4n) is 2.80. The van der Waals surface area contributed by atoms with Gasteiger partial charge in [-0.25, -0.2) is 9.78 Å². The van der Waals surface area contributed by atoms with Gasteiger partial charge >= 0.3 is 6.03 Å². The van der Waals surface area contributed by atoms with Gasteiger partial charge in [0.2, 0.25) is 11.7 Å². The smallest absolute Gasteiger partial charge is 0.321 e. The SMILES string of the molecule is O=C(Nc1cc(Cl)cc(Cl)c1)N1CC(Cc2nc(-c3cnccn3)no2)C1. The van der Waals surface area contributed by atoms with E-state index in [1.807, 2.05) is 0 Å². The highest BCUT2D eigenvalue weighted by atomic mass is 35.5. The molecule has 0 unspecified atom stereocenters. The van der Waals surface area contributed by atoms with Crippen molar-refractivity contribution < 1.29 is 9.32 Å². The Bertz CT molecular complexity index is 939. The van der Waals surface area contributed by atoms with E-state index < -0.39 is 0 Å². The van der Waals surface area contributed by atoms with Gasteiger partial charge in [-0.1, -0.05) is 28.4 Å². The van der Waals surface area contributed by atoms with E-state index in [0.717, 1.165) is 0 Å². The maximum atomic E-state index is 12.3. The van der Waals surface area contributed by atoms with E-state index in [1.54, 1.807) is 41.7 Å². The predicted molar refractivity (Wildman–Crippen MR) is 99.6 cm³/mol. The molecule has 1 aromatic carbocycles. The molecular formula is C17H14Cl2N6O2. The van der Waals surface area contributed by atoms with Crippen LogP contribution in [0.2, 0.25) is 10.0 Å². The fraction of sp³-hybridized carbons (Fsp3) is 0.235. The maximum Gasteiger partial charge on any atom is 0.321 e. The number of carbonyl (C=O) groups is 1. The van der Waals surface area contributed by atoms with E-state index in [9.17, 15) is 4.79 Å². The summed E-state index contributed by atoms with van der Waals surface area (Å²) in [5, 5.41) is 7.64. The van der Waals surface area contributed by atoms with Crippen molar-refractivity contribution in [2.45, 2.75) is 6.42 Å². The molecule has 1 fully saturated rings. The zero-order chi connectivity index (χ0) is 18.8. The number of likely N-dealkylation sites (tertiary alicyclic amines) is 1. The molecule has 0 spiro atoms. The minimum absolute atomic E-state index is 0.199. The summed E-state index contributed by atoms with van der Waals surface area (Å²) < 4.78 is 5.27. The van der Waals surface area contributed by atoms with E-state index in [1.165, 1.54) is 0 Å². The van der Waals surface area contributed by atoms with Crippen LogP contribution in [0, 0.1) is 5.92 Å². The normalized spacial score (nSPS) is 14.1. The minimum atomic E-state index is -0.199. The van der Waals surface area contributed by atoms with Crippen LogP contribution in [0.15, 0.2) is 41.3 Å². The molecule has 0 saturated carbocycles. The number of hydrogen-bond donors (Lipinski definition) is 1. The molecular weight excluding hydrogens is 391 g/mol. The van der Waals surface area contributed by atoms with E-state index >= 15 is 0 Å². The number of halogens is 2. The van der Waals surface area contributed by atoms with Crippen LogP contribution in [0.1, 0.15) is 5.89 Å². The number of rotatable bonds is 4. The van der Waals surface area contributed by atoms with Gasteiger partial charge in [-0.15, -0.1) is 0 Å². The Labute approximate surface area is 164 Å². The Hall–Kier alpha value is -2.71. The Balaban J connectivity index is 1.29. The predicted octanol–water partition coefficient (Wildman–Crippen LogP) is 3.54. The van der Waals surface area contributed by atoms with Gasteiger partial charge in [0.05, 0.1) is 6.20 Å². The summed E-state index contributed by atoms with van der Waals surface area (Å²) in [6.45, 7) is 1.20. The van der Waals surface area contributed by atoms with Crippen molar-refractivity contribution in [3.8, 4) is 11.5 Å². The second-order valence-electron chi connectivity index (χ2n) is 6.17. The lowest BCUT2D eigenvalue weighted by molar-refractivity contribution is 0.125. The van der Waals surface area contributed by atoms with Crippen molar-refractivity contribution in [1.82, 2.24) is 25.0 Å². The number of anilines is 1. The molecule has 8 nitrogen and oxygen atoms in total. The summed E-state index contributed by atoms with van der Waals surface area (Å²) >= 11 is 11.9. The van der Waals surface area contributed by atoms with Gasteiger partial charge in [0, 0.05) is 53.6 Å². The summed E-state index contributed by atoms with van der Waals surface area (Å²) in [7, 11) is 0. The van der Waals surface area contributed by atoms with E-state index in [-0.39, 0.29) is 11.9 Å². The van der Waals surface area contributed by atoms with Crippen molar-refractivity contribution in [3.05, 3.63) is 52.7 Å². The first-order valence-electron chi connectivity index (χ1n) is 8.18. The monoisotopic (exact) mass is 404 g/mol. The Morgan fingerprint density at radius 3 is 2.70 bits per heavy atom. The van der Waals surface area contributed by atoms with Crippen LogP contribution in [0.25, 0.3) is 11.5 Å². The lowest BCUT2D eigenvalue weighted by Gasteiger charge is -2.38. The lowest BCUT2D eigenvalue weighted by Crippen LogP contribution is -2.52. The molecule has 4 rings (SSSR count). The third-order valence-corrected chi connectivity index (χ3v) is 4.52. The minimum Gasteiger partial charge on any atom is -0.339 e. The number of amides is 2. The Kier molecular flexibility index (Phi) is 4.91. The zero-order valence-electron chi connectivity index (χ0n) is 14.0. The molecule has 1 N–H and O–H groups in total. The largest absolute Gasteiger partial charge is 0.339 e. The zero-order valence-corrected chi connectivity index (χ0v) is 15.5. The highest BCUT2D eigenvalue weighted by Crippen LogP contribution is 2.25. The number of nitrogens with zero attached hydrogens (tertiary/aromatic N) is 5. The summed E-state index contributed by atoms with van der Waals surface area (Å²) in [6, 6.07) is 4.71. The van der Waals surface area contributed by atoms with Crippen molar-refractivity contribution in [1.29, 1.82) is 0 Å². The summed E-state index contributed by atoms with van der Waals surface area (Å²) in [5.41, 5.74) is 1.12. The Morgan fingerprint density at radius 1 is 1.22 bits per heavy atom. The van der Waals surface area contributed by atoms with Crippen molar-refractivity contribution in [2.24, 2.45) is 5.92 Å². The Morgan fingerprint density at radius 2 is 2.00 bits per heavy atom. The van der Waals surface area contributed by atoms with Crippen LogP contribution in [-0.2, 0) is 6.42 Å². The van der Waals surface area contributed by atoms with Gasteiger partial charge in [-0.2, -0.15) is 4.98 Å². The molecule has 0 radical (unpaired) electrons. The number of aromatic nitrogens is 4. The molecule has 1 aliphatic rings. The number of hydrogen-bond acceptors (Lipinski definition) is 6. The second-order valence-corrected chi connectivity index (χ2v) is 7.04. The van der Waals surface area contributed by atoms with Crippen LogP contribution in [0.4, 0.5) is 10.5 Å². The molecule has 3 heterocycles. The molecule has 3 aromatic rings. The molecule has 27 heavy (non-hydrogen) atoms. The van der Waals surface area contributed by atoms with Gasteiger partial charge in [-0.05, 0) is 18.2 Å². The first-order valence-corrected chi connectivity index (χ1v) is 8.93. The molecule has 0 aliphatic carbocycles. The summed E-state index contributed by atoms with van der Waals surface area (Å²) in [5.74, 6) is 1.18. The van der Waals surface area contributed by atoms with Gasteiger partial charge < -0.3 is 14.7 Å². The first kappa shape index (κ1) is 17.7. The number of nitrogens with one attached hydrogen (secondary N) is 1. The number of benzene rings is 1. The van der Waals surface area contributed by atoms with Gasteiger partial charge in [0.1, 0.15) is 5.69 Å². The third-order valence-electron chi connectivity index (χ3n) is 4.08. The standard InChI is InChI=1S/C17H14Cl2N6O2/c18-11-4-12(19)6-13(5-11)22-17(26)25-8-10(9-25)3-15-23-16(24-27-15)14-7-20-1-2-21-14/h1-2,4-7,10H,3,8-9H2,(H,22,26). The summed E-state index contributed by atoms with van der Waals surface area (Å²) in [4.78, 5) is 26.4. The van der Waals surface area contributed by atoms with Crippen LogP contribution >= 0.6 is 23.2 Å². The van der Waals surface area contributed by atoms with Crippen LogP contribution in [-0.4, -0.2) is 44.1 Å². The number of carbonyl (C=O) groups excluding carboxylic acids is 1. The van der Waals surface area contributed by atoms with Crippen molar-refractivity contribution in [3.63, 3.8) is 0 Å². The molecule has 2 aromatic heterocycles.